The van der Waals surface area contributed by atoms with Crippen LogP contribution >= 0.6 is 0 Å². The molecule has 2 amide bonds. The van der Waals surface area contributed by atoms with E-state index in [-0.39, 0.29) is 12.2 Å². The van der Waals surface area contributed by atoms with Crippen molar-refractivity contribution in [1.29, 1.82) is 0 Å². The van der Waals surface area contributed by atoms with Gasteiger partial charge in [0.1, 0.15) is 11.4 Å². The first-order chi connectivity index (χ1) is 13.3. The summed E-state index contributed by atoms with van der Waals surface area (Å²) in [4.78, 5) is 24.4. The molecule has 0 heterocycles. The fraction of sp³-hybridized carbons (Fsp3) is 0.105. The van der Waals surface area contributed by atoms with E-state index in [2.05, 4.69) is 10.6 Å². The van der Waals surface area contributed by atoms with Crippen LogP contribution in [0.1, 0.15) is 5.56 Å². The van der Waals surface area contributed by atoms with Crippen LogP contribution in [0.15, 0.2) is 66.4 Å². The standard InChI is InChI=1S/C19H19N2O6S/c22-18(14-27-16-9-5-2-6-10-16)21-17(13-15-7-3-1-4-8-15)19(23)20-11-12-28(24,25)26/h1-10,13-14H,11-12H2,(H,20,23)(H,21,22)(H,24,25,26)/b17-13+. The van der Waals surface area contributed by atoms with Gasteiger partial charge in [-0.2, -0.15) is 8.42 Å². The molecule has 0 aliphatic carbocycles. The Kier molecular flexibility index (Phi) is 7.73. The normalized spacial score (nSPS) is 11.5. The Morgan fingerprint density at radius 3 is 2.21 bits per heavy atom. The number of carbonyl (C=O) groups excluding carboxylic acids is 2. The van der Waals surface area contributed by atoms with Gasteiger partial charge >= 0.3 is 0 Å². The van der Waals surface area contributed by atoms with E-state index in [1.807, 2.05) is 0 Å². The number of carbonyl (C=O) groups is 2. The van der Waals surface area contributed by atoms with Crippen molar-refractivity contribution in [2.75, 3.05) is 12.3 Å². The topological polar surface area (TPSA) is 122 Å². The minimum Gasteiger partial charge on any atom is -0.476 e. The lowest BCUT2D eigenvalue weighted by Gasteiger charge is -2.11. The summed E-state index contributed by atoms with van der Waals surface area (Å²) in [6.07, 6.45) is 1.43. The fourth-order valence-electron chi connectivity index (χ4n) is 2.05. The lowest BCUT2D eigenvalue weighted by Crippen LogP contribution is -2.37. The number of para-hydroxylation sites is 1. The van der Waals surface area contributed by atoms with Gasteiger partial charge in [-0.05, 0) is 23.8 Å². The Balaban J connectivity index is 2.04. The van der Waals surface area contributed by atoms with Gasteiger partial charge in [0.25, 0.3) is 21.9 Å². The first kappa shape index (κ1) is 21.1. The van der Waals surface area contributed by atoms with Gasteiger partial charge in [0.15, 0.2) is 0 Å². The Bertz CT molecular complexity index is 927. The molecule has 147 valence electrons. The van der Waals surface area contributed by atoms with Crippen molar-refractivity contribution in [1.82, 2.24) is 10.6 Å². The van der Waals surface area contributed by atoms with E-state index in [0.717, 1.165) is 6.61 Å². The molecule has 0 unspecified atom stereocenters. The minimum atomic E-state index is -4.21. The summed E-state index contributed by atoms with van der Waals surface area (Å²) in [6.45, 7) is 0.601. The maximum absolute atomic E-state index is 12.3. The van der Waals surface area contributed by atoms with Gasteiger partial charge in [0, 0.05) is 6.54 Å². The van der Waals surface area contributed by atoms with Gasteiger partial charge in [-0.25, -0.2) is 0 Å². The van der Waals surface area contributed by atoms with E-state index in [1.54, 1.807) is 60.7 Å². The van der Waals surface area contributed by atoms with E-state index in [4.69, 9.17) is 9.29 Å². The predicted molar refractivity (Wildman–Crippen MR) is 103 cm³/mol. The quantitative estimate of drug-likeness (QED) is 0.430. The van der Waals surface area contributed by atoms with Crippen LogP contribution in [-0.4, -0.2) is 37.1 Å². The van der Waals surface area contributed by atoms with Crippen molar-refractivity contribution in [3.63, 3.8) is 0 Å². The second kappa shape index (κ2) is 10.2. The molecule has 0 aliphatic rings. The molecule has 28 heavy (non-hydrogen) atoms. The molecule has 2 aromatic carbocycles. The molecule has 0 aliphatic heterocycles. The predicted octanol–water partition coefficient (Wildman–Crippen LogP) is 1.39. The van der Waals surface area contributed by atoms with E-state index in [0.29, 0.717) is 11.3 Å². The largest absolute Gasteiger partial charge is 0.476 e. The van der Waals surface area contributed by atoms with Crippen LogP contribution in [-0.2, 0) is 19.7 Å². The van der Waals surface area contributed by atoms with Gasteiger partial charge in [-0.3, -0.25) is 14.1 Å². The second-order valence-electron chi connectivity index (χ2n) is 5.55. The number of hydrogen-bond donors (Lipinski definition) is 3. The van der Waals surface area contributed by atoms with Gasteiger partial charge in [0.2, 0.25) is 6.61 Å². The van der Waals surface area contributed by atoms with Gasteiger partial charge in [-0.15, -0.1) is 0 Å². The molecule has 2 aromatic rings. The lowest BCUT2D eigenvalue weighted by atomic mass is 10.2. The molecule has 1 radical (unpaired) electrons. The van der Waals surface area contributed by atoms with Crippen molar-refractivity contribution < 1.29 is 27.3 Å². The maximum atomic E-state index is 12.3. The zero-order valence-electron chi connectivity index (χ0n) is 14.7. The third-order valence-electron chi connectivity index (χ3n) is 3.30. The van der Waals surface area contributed by atoms with Crippen molar-refractivity contribution in [3.05, 3.63) is 78.5 Å². The first-order valence-corrected chi connectivity index (χ1v) is 9.80. The van der Waals surface area contributed by atoms with Crippen molar-refractivity contribution >= 4 is 28.0 Å². The molecule has 9 heteroatoms. The Hall–Kier alpha value is -3.17. The molecular formula is C19H19N2O6S. The van der Waals surface area contributed by atoms with Crippen LogP contribution in [0, 0.1) is 6.61 Å². The summed E-state index contributed by atoms with van der Waals surface area (Å²) in [5, 5.41) is 4.72. The monoisotopic (exact) mass is 403 g/mol. The minimum absolute atomic E-state index is 0.112. The molecule has 0 saturated carbocycles. The number of rotatable bonds is 9. The average Bonchev–Trinajstić information content (AvgIpc) is 2.66. The molecular weight excluding hydrogens is 384 g/mol. The average molecular weight is 403 g/mol. The lowest BCUT2D eigenvalue weighted by molar-refractivity contribution is -0.123. The van der Waals surface area contributed by atoms with Crippen molar-refractivity contribution in [3.8, 4) is 5.75 Å². The van der Waals surface area contributed by atoms with E-state index in [9.17, 15) is 18.0 Å². The van der Waals surface area contributed by atoms with Crippen LogP contribution in [0.2, 0.25) is 0 Å². The van der Waals surface area contributed by atoms with Crippen molar-refractivity contribution in [2.24, 2.45) is 0 Å². The number of amides is 2. The van der Waals surface area contributed by atoms with Gasteiger partial charge in [0.05, 0.1) is 5.75 Å². The highest BCUT2D eigenvalue weighted by Crippen LogP contribution is 2.10. The number of nitrogens with one attached hydrogen (secondary N) is 2. The Morgan fingerprint density at radius 1 is 1.00 bits per heavy atom. The smallest absolute Gasteiger partial charge is 0.270 e. The molecule has 0 bridgehead atoms. The summed E-state index contributed by atoms with van der Waals surface area (Å²) in [5.74, 6) is -1.59. The van der Waals surface area contributed by atoms with E-state index in [1.165, 1.54) is 6.08 Å². The van der Waals surface area contributed by atoms with Crippen LogP contribution in [0.25, 0.3) is 6.08 Å². The maximum Gasteiger partial charge on any atom is 0.270 e. The highest BCUT2D eigenvalue weighted by Gasteiger charge is 2.15. The Morgan fingerprint density at radius 2 is 1.61 bits per heavy atom. The molecule has 0 spiro atoms. The fourth-order valence-corrected chi connectivity index (χ4v) is 2.41. The number of hydrogen-bond acceptors (Lipinski definition) is 5. The SMILES string of the molecule is O=C([CH]Oc1ccccc1)N/C(=C/c1ccccc1)C(=O)NCCS(=O)(=O)O. The van der Waals surface area contributed by atoms with Crippen LogP contribution < -0.4 is 15.4 Å². The summed E-state index contributed by atoms with van der Waals surface area (Å²) >= 11 is 0. The molecule has 0 saturated heterocycles. The summed E-state index contributed by atoms with van der Waals surface area (Å²) in [6, 6.07) is 17.4. The molecule has 0 fully saturated rings. The third kappa shape index (κ3) is 8.02. The second-order valence-corrected chi connectivity index (χ2v) is 7.12. The van der Waals surface area contributed by atoms with Crippen LogP contribution in [0.5, 0.6) is 5.75 Å². The Labute approximate surface area is 163 Å². The molecule has 3 N–H and O–H groups in total. The van der Waals surface area contributed by atoms with Crippen LogP contribution in [0.4, 0.5) is 0 Å². The number of ether oxygens (including phenoxy) is 1. The summed E-state index contributed by atoms with van der Waals surface area (Å²) in [5.41, 5.74) is 0.533. The van der Waals surface area contributed by atoms with E-state index < -0.39 is 27.7 Å². The van der Waals surface area contributed by atoms with Gasteiger partial charge in [-0.1, -0.05) is 48.5 Å². The van der Waals surface area contributed by atoms with Crippen LogP contribution in [0.3, 0.4) is 0 Å². The number of benzene rings is 2. The summed E-state index contributed by atoms with van der Waals surface area (Å²) in [7, 11) is -4.21. The summed E-state index contributed by atoms with van der Waals surface area (Å²) < 4.78 is 35.5. The van der Waals surface area contributed by atoms with Crippen molar-refractivity contribution in [2.45, 2.75) is 0 Å². The third-order valence-corrected chi connectivity index (χ3v) is 4.02. The van der Waals surface area contributed by atoms with E-state index >= 15 is 0 Å². The zero-order valence-corrected chi connectivity index (χ0v) is 15.6. The van der Waals surface area contributed by atoms with Gasteiger partial charge < -0.3 is 15.4 Å². The molecule has 0 atom stereocenters. The highest BCUT2D eigenvalue weighted by atomic mass is 32.2. The molecule has 2 rings (SSSR count). The first-order valence-electron chi connectivity index (χ1n) is 8.19. The molecule has 8 nitrogen and oxygen atoms in total. The molecule has 0 aromatic heterocycles. The zero-order chi connectivity index (χ0) is 20.4. The highest BCUT2D eigenvalue weighted by molar-refractivity contribution is 7.85.